The van der Waals surface area contributed by atoms with Gasteiger partial charge in [0.2, 0.25) is 0 Å². The van der Waals surface area contributed by atoms with Gasteiger partial charge in [-0.15, -0.1) is 0 Å². The maximum Gasteiger partial charge on any atom is 0.111 e. The lowest BCUT2D eigenvalue weighted by Crippen LogP contribution is -1.97. The second-order valence-electron chi connectivity index (χ2n) is 5.24. The molecule has 0 aliphatic rings. The fourth-order valence-corrected chi connectivity index (χ4v) is 2.93. The average Bonchev–Trinajstić information content (AvgIpc) is 2.81. The number of aromatic nitrogens is 2. The van der Waals surface area contributed by atoms with E-state index in [0.29, 0.717) is 0 Å². The Labute approximate surface area is 122 Å². The fourth-order valence-electron chi connectivity index (χ4n) is 2.93. The molecule has 0 aliphatic heterocycles. The van der Waals surface area contributed by atoms with Crippen LogP contribution in [0.2, 0.25) is 0 Å². The van der Waals surface area contributed by atoms with Crippen molar-refractivity contribution in [2.45, 2.75) is 6.92 Å². The summed E-state index contributed by atoms with van der Waals surface area (Å²) in [5.74, 6) is 0.965. The first-order chi connectivity index (χ1) is 10.2. The molecule has 1 heterocycles. The largest absolute Gasteiger partial charge is 0.399 e. The van der Waals surface area contributed by atoms with Gasteiger partial charge in [-0.25, -0.2) is 4.98 Å². The Morgan fingerprint density at radius 3 is 2.67 bits per heavy atom. The van der Waals surface area contributed by atoms with Crippen LogP contribution in [0.4, 0.5) is 5.69 Å². The van der Waals surface area contributed by atoms with E-state index in [2.05, 4.69) is 52.0 Å². The quantitative estimate of drug-likeness (QED) is 0.531. The lowest BCUT2D eigenvalue weighted by atomic mass is 10.1. The van der Waals surface area contributed by atoms with Gasteiger partial charge in [0, 0.05) is 11.1 Å². The third-order valence-corrected chi connectivity index (χ3v) is 3.85. The van der Waals surface area contributed by atoms with Gasteiger partial charge in [0.1, 0.15) is 5.82 Å². The monoisotopic (exact) mass is 273 g/mol. The highest BCUT2D eigenvalue weighted by molar-refractivity contribution is 5.93. The summed E-state index contributed by atoms with van der Waals surface area (Å²) in [6, 6.07) is 20.6. The Kier molecular flexibility index (Phi) is 2.48. The summed E-state index contributed by atoms with van der Waals surface area (Å²) in [6.07, 6.45) is 0. The lowest BCUT2D eigenvalue weighted by Gasteiger charge is -2.10. The van der Waals surface area contributed by atoms with E-state index in [4.69, 9.17) is 5.73 Å². The van der Waals surface area contributed by atoms with Gasteiger partial charge in [-0.05, 0) is 36.6 Å². The number of benzene rings is 3. The molecule has 0 atom stereocenters. The second kappa shape index (κ2) is 4.35. The van der Waals surface area contributed by atoms with Crippen LogP contribution in [0.25, 0.3) is 27.5 Å². The molecule has 21 heavy (non-hydrogen) atoms. The zero-order valence-electron chi connectivity index (χ0n) is 11.7. The highest BCUT2D eigenvalue weighted by Gasteiger charge is 2.11. The Morgan fingerprint density at radius 2 is 1.76 bits per heavy atom. The third-order valence-electron chi connectivity index (χ3n) is 3.85. The van der Waals surface area contributed by atoms with Crippen LogP contribution in [0.1, 0.15) is 5.82 Å². The van der Waals surface area contributed by atoms with Crippen molar-refractivity contribution in [2.75, 3.05) is 5.73 Å². The van der Waals surface area contributed by atoms with Gasteiger partial charge in [0.05, 0.1) is 16.7 Å². The first-order valence-corrected chi connectivity index (χ1v) is 6.97. The third kappa shape index (κ3) is 1.78. The molecule has 0 saturated heterocycles. The molecule has 4 aromatic rings. The average molecular weight is 273 g/mol. The van der Waals surface area contributed by atoms with Crippen LogP contribution in [0.5, 0.6) is 0 Å². The van der Waals surface area contributed by atoms with Crippen molar-refractivity contribution in [1.29, 1.82) is 0 Å². The van der Waals surface area contributed by atoms with Crippen molar-refractivity contribution >= 4 is 27.5 Å². The van der Waals surface area contributed by atoms with Crippen LogP contribution in [-0.2, 0) is 0 Å². The predicted octanol–water partition coefficient (Wildman–Crippen LogP) is 4.07. The molecule has 0 saturated carbocycles. The van der Waals surface area contributed by atoms with E-state index in [1.165, 1.54) is 10.8 Å². The van der Waals surface area contributed by atoms with E-state index in [0.717, 1.165) is 28.2 Å². The summed E-state index contributed by atoms with van der Waals surface area (Å²) in [5, 5.41) is 2.45. The summed E-state index contributed by atoms with van der Waals surface area (Å²) < 4.78 is 2.19. The topological polar surface area (TPSA) is 43.8 Å². The Morgan fingerprint density at radius 1 is 0.952 bits per heavy atom. The maximum atomic E-state index is 5.86. The number of hydrogen-bond acceptors (Lipinski definition) is 2. The number of fused-ring (bicyclic) bond motifs is 2. The van der Waals surface area contributed by atoms with Crippen LogP contribution in [0.3, 0.4) is 0 Å². The molecule has 0 unspecified atom stereocenters. The molecule has 102 valence electrons. The number of rotatable bonds is 1. The highest BCUT2D eigenvalue weighted by atomic mass is 15.1. The Hall–Kier alpha value is -2.81. The predicted molar refractivity (Wildman–Crippen MR) is 87.7 cm³/mol. The normalized spacial score (nSPS) is 11.3. The molecular formula is C18H15N3. The van der Waals surface area contributed by atoms with Crippen molar-refractivity contribution < 1.29 is 0 Å². The minimum Gasteiger partial charge on any atom is -0.399 e. The van der Waals surface area contributed by atoms with Gasteiger partial charge < -0.3 is 5.73 Å². The van der Waals surface area contributed by atoms with Crippen molar-refractivity contribution in [2.24, 2.45) is 0 Å². The van der Waals surface area contributed by atoms with Crippen LogP contribution in [0, 0.1) is 6.92 Å². The SMILES string of the molecule is Cc1nc2cc(N)ccc2n1-c1cccc2ccccc12. The molecular weight excluding hydrogens is 258 g/mol. The molecule has 0 aliphatic carbocycles. The van der Waals surface area contributed by atoms with Gasteiger partial charge in [0.15, 0.2) is 0 Å². The number of aryl methyl sites for hydroxylation is 1. The van der Waals surface area contributed by atoms with Crippen LogP contribution < -0.4 is 5.73 Å². The minimum absolute atomic E-state index is 0.741. The van der Waals surface area contributed by atoms with E-state index >= 15 is 0 Å². The number of nitrogens with two attached hydrogens (primary N) is 1. The first-order valence-electron chi connectivity index (χ1n) is 6.97. The molecule has 3 heteroatoms. The van der Waals surface area contributed by atoms with Gasteiger partial charge in [0.25, 0.3) is 0 Å². The summed E-state index contributed by atoms with van der Waals surface area (Å²) >= 11 is 0. The molecule has 1 aromatic heterocycles. The second-order valence-corrected chi connectivity index (χ2v) is 5.24. The Balaban J connectivity index is 2.11. The fraction of sp³-hybridized carbons (Fsp3) is 0.0556. The number of nitrogens with zero attached hydrogens (tertiary/aromatic N) is 2. The summed E-state index contributed by atoms with van der Waals surface area (Å²) in [6.45, 7) is 2.03. The van der Waals surface area contributed by atoms with E-state index < -0.39 is 0 Å². The molecule has 3 aromatic carbocycles. The summed E-state index contributed by atoms with van der Waals surface area (Å²) in [7, 11) is 0. The van der Waals surface area contributed by atoms with Gasteiger partial charge in [-0.3, -0.25) is 4.57 Å². The van der Waals surface area contributed by atoms with Crippen LogP contribution in [-0.4, -0.2) is 9.55 Å². The first kappa shape index (κ1) is 12.0. The van der Waals surface area contributed by atoms with Crippen LogP contribution in [0.15, 0.2) is 60.7 Å². The number of imidazole rings is 1. The summed E-state index contributed by atoms with van der Waals surface area (Å²) in [4.78, 5) is 4.64. The van der Waals surface area contributed by atoms with E-state index in [9.17, 15) is 0 Å². The smallest absolute Gasteiger partial charge is 0.111 e. The molecule has 0 fully saturated rings. The number of hydrogen-bond donors (Lipinski definition) is 1. The molecule has 2 N–H and O–H groups in total. The van der Waals surface area contributed by atoms with Crippen LogP contribution >= 0.6 is 0 Å². The zero-order chi connectivity index (χ0) is 14.4. The molecule has 0 amide bonds. The van der Waals surface area contributed by atoms with E-state index in [1.807, 2.05) is 25.1 Å². The zero-order valence-corrected chi connectivity index (χ0v) is 11.7. The van der Waals surface area contributed by atoms with E-state index in [-0.39, 0.29) is 0 Å². The summed E-state index contributed by atoms with van der Waals surface area (Å²) in [5.41, 5.74) is 9.77. The lowest BCUT2D eigenvalue weighted by molar-refractivity contribution is 1.01. The number of anilines is 1. The van der Waals surface area contributed by atoms with Crippen molar-refractivity contribution in [3.05, 3.63) is 66.5 Å². The van der Waals surface area contributed by atoms with Crippen molar-refractivity contribution in [1.82, 2.24) is 9.55 Å². The molecule has 3 nitrogen and oxygen atoms in total. The molecule has 0 radical (unpaired) electrons. The minimum atomic E-state index is 0.741. The number of nitrogen functional groups attached to an aromatic ring is 1. The van der Waals surface area contributed by atoms with Gasteiger partial charge in [-0.1, -0.05) is 36.4 Å². The Bertz CT molecular complexity index is 961. The van der Waals surface area contributed by atoms with Gasteiger partial charge in [-0.2, -0.15) is 0 Å². The maximum absolute atomic E-state index is 5.86. The molecule has 0 spiro atoms. The van der Waals surface area contributed by atoms with Crippen molar-refractivity contribution in [3.63, 3.8) is 0 Å². The highest BCUT2D eigenvalue weighted by Crippen LogP contribution is 2.28. The molecule has 0 bridgehead atoms. The van der Waals surface area contributed by atoms with Gasteiger partial charge >= 0.3 is 0 Å². The standard InChI is InChI=1S/C18H15N3/c1-12-20-16-11-14(19)9-10-18(16)21(12)17-8-4-6-13-5-2-3-7-15(13)17/h2-11H,19H2,1H3. The van der Waals surface area contributed by atoms with Crippen molar-refractivity contribution in [3.8, 4) is 5.69 Å². The molecule has 4 rings (SSSR count). The van der Waals surface area contributed by atoms with E-state index in [1.54, 1.807) is 0 Å².